The maximum Gasteiger partial charge on any atom is 0.228 e. The molecule has 3 nitrogen and oxygen atoms in total. The maximum absolute atomic E-state index is 11.9. The molecule has 1 atom stereocenters. The molecular formula is C12H15ClN2O. The fourth-order valence-corrected chi connectivity index (χ4v) is 2.16. The van der Waals surface area contributed by atoms with Crippen LogP contribution in [0.4, 0.5) is 5.69 Å². The molecule has 2 N–H and O–H groups in total. The zero-order valence-electron chi connectivity index (χ0n) is 9.22. The van der Waals surface area contributed by atoms with E-state index in [1.165, 1.54) is 0 Å². The second-order valence-electron chi connectivity index (χ2n) is 4.11. The van der Waals surface area contributed by atoms with Crippen molar-refractivity contribution < 1.29 is 4.79 Å². The van der Waals surface area contributed by atoms with Crippen molar-refractivity contribution in [3.05, 3.63) is 28.8 Å². The molecule has 1 saturated heterocycles. The minimum atomic E-state index is 0.0567. The van der Waals surface area contributed by atoms with Crippen LogP contribution in [-0.2, 0) is 4.79 Å². The number of nitrogens with one attached hydrogen (secondary N) is 2. The van der Waals surface area contributed by atoms with E-state index in [2.05, 4.69) is 10.6 Å². The monoisotopic (exact) mass is 238 g/mol. The van der Waals surface area contributed by atoms with E-state index in [1.807, 2.05) is 19.1 Å². The summed E-state index contributed by atoms with van der Waals surface area (Å²) in [4.78, 5) is 11.9. The Labute approximate surface area is 100 Å². The van der Waals surface area contributed by atoms with Gasteiger partial charge in [-0.05, 0) is 31.5 Å². The third kappa shape index (κ3) is 2.36. The molecule has 0 spiro atoms. The number of benzene rings is 1. The highest BCUT2D eigenvalue weighted by Gasteiger charge is 2.23. The first-order chi connectivity index (χ1) is 7.68. The zero-order valence-corrected chi connectivity index (χ0v) is 9.97. The maximum atomic E-state index is 11.9. The topological polar surface area (TPSA) is 41.1 Å². The van der Waals surface area contributed by atoms with Crippen molar-refractivity contribution >= 4 is 23.2 Å². The number of hydrogen-bond acceptors (Lipinski definition) is 2. The summed E-state index contributed by atoms with van der Waals surface area (Å²) in [5.74, 6) is 0.122. The van der Waals surface area contributed by atoms with Gasteiger partial charge in [0.25, 0.3) is 0 Å². The third-order valence-corrected chi connectivity index (χ3v) is 3.22. The van der Waals surface area contributed by atoms with Crippen molar-refractivity contribution in [1.82, 2.24) is 5.32 Å². The van der Waals surface area contributed by atoms with Crippen LogP contribution in [-0.4, -0.2) is 19.0 Å². The largest absolute Gasteiger partial charge is 0.324 e. The van der Waals surface area contributed by atoms with E-state index in [0.717, 1.165) is 30.8 Å². The normalized spacial score (nSPS) is 19.8. The second kappa shape index (κ2) is 4.85. The van der Waals surface area contributed by atoms with E-state index >= 15 is 0 Å². The average Bonchev–Trinajstić information content (AvgIpc) is 2.76. The summed E-state index contributed by atoms with van der Waals surface area (Å²) in [6, 6.07) is 5.61. The fourth-order valence-electron chi connectivity index (χ4n) is 1.89. The number of carbonyl (C=O) groups excluding carboxylic acids is 1. The van der Waals surface area contributed by atoms with Crippen molar-refractivity contribution in [2.75, 3.05) is 18.4 Å². The van der Waals surface area contributed by atoms with Crippen molar-refractivity contribution in [1.29, 1.82) is 0 Å². The molecule has 0 aromatic heterocycles. The van der Waals surface area contributed by atoms with Gasteiger partial charge in [-0.3, -0.25) is 4.79 Å². The lowest BCUT2D eigenvalue weighted by atomic mass is 10.1. The molecule has 1 aromatic rings. The Bertz CT molecular complexity index is 380. The molecule has 1 aromatic carbocycles. The predicted octanol–water partition coefficient (Wildman–Crippen LogP) is 2.20. The Kier molecular flexibility index (Phi) is 3.46. The van der Waals surface area contributed by atoms with Crippen LogP contribution >= 0.6 is 11.6 Å². The van der Waals surface area contributed by atoms with Crippen LogP contribution in [0.3, 0.4) is 0 Å². The predicted molar refractivity (Wildman–Crippen MR) is 65.8 cm³/mol. The summed E-state index contributed by atoms with van der Waals surface area (Å²) in [6.07, 6.45) is 0.898. The lowest BCUT2D eigenvalue weighted by Crippen LogP contribution is -2.25. The molecule has 4 heteroatoms. The second-order valence-corrected chi connectivity index (χ2v) is 4.52. The number of anilines is 1. The highest BCUT2D eigenvalue weighted by molar-refractivity contribution is 6.33. The summed E-state index contributed by atoms with van der Waals surface area (Å²) >= 11 is 6.05. The first kappa shape index (κ1) is 11.4. The Morgan fingerprint density at radius 2 is 2.38 bits per heavy atom. The number of aryl methyl sites for hydroxylation is 1. The van der Waals surface area contributed by atoms with Crippen molar-refractivity contribution in [3.8, 4) is 0 Å². The number of rotatable bonds is 2. The van der Waals surface area contributed by atoms with Crippen LogP contribution in [0.1, 0.15) is 12.0 Å². The summed E-state index contributed by atoms with van der Waals surface area (Å²) in [7, 11) is 0. The van der Waals surface area contributed by atoms with E-state index in [9.17, 15) is 4.79 Å². The molecule has 1 amide bonds. The number of amides is 1. The van der Waals surface area contributed by atoms with Crippen LogP contribution in [0.2, 0.25) is 5.02 Å². The SMILES string of the molecule is Cc1cccc(Cl)c1NC(=O)C1CCNC1. The molecule has 1 fully saturated rings. The van der Waals surface area contributed by atoms with E-state index in [1.54, 1.807) is 6.07 Å². The van der Waals surface area contributed by atoms with E-state index < -0.39 is 0 Å². The zero-order chi connectivity index (χ0) is 11.5. The van der Waals surface area contributed by atoms with Gasteiger partial charge in [-0.1, -0.05) is 23.7 Å². The average molecular weight is 239 g/mol. The number of halogens is 1. The minimum Gasteiger partial charge on any atom is -0.324 e. The standard InChI is InChI=1S/C12H15ClN2O/c1-8-3-2-4-10(13)11(8)15-12(16)9-5-6-14-7-9/h2-4,9,14H,5-7H2,1H3,(H,15,16). The molecule has 1 heterocycles. The highest BCUT2D eigenvalue weighted by Crippen LogP contribution is 2.26. The molecule has 86 valence electrons. The molecule has 0 radical (unpaired) electrons. The van der Waals surface area contributed by atoms with Gasteiger partial charge in [0.05, 0.1) is 16.6 Å². The smallest absolute Gasteiger partial charge is 0.228 e. The van der Waals surface area contributed by atoms with Gasteiger partial charge in [-0.25, -0.2) is 0 Å². The van der Waals surface area contributed by atoms with Gasteiger partial charge < -0.3 is 10.6 Å². The van der Waals surface area contributed by atoms with Crippen molar-refractivity contribution in [2.24, 2.45) is 5.92 Å². The first-order valence-electron chi connectivity index (χ1n) is 5.45. The molecule has 0 bridgehead atoms. The molecule has 2 rings (SSSR count). The Hall–Kier alpha value is -1.06. The first-order valence-corrected chi connectivity index (χ1v) is 5.83. The van der Waals surface area contributed by atoms with Crippen LogP contribution < -0.4 is 10.6 Å². The van der Waals surface area contributed by atoms with E-state index in [-0.39, 0.29) is 11.8 Å². The molecule has 1 unspecified atom stereocenters. The highest BCUT2D eigenvalue weighted by atomic mass is 35.5. The van der Waals surface area contributed by atoms with Crippen molar-refractivity contribution in [3.63, 3.8) is 0 Å². The molecule has 0 aliphatic carbocycles. The number of carbonyl (C=O) groups is 1. The minimum absolute atomic E-state index is 0.0567. The molecule has 0 saturated carbocycles. The van der Waals surface area contributed by atoms with Gasteiger partial charge in [0.15, 0.2) is 0 Å². The van der Waals surface area contributed by atoms with Gasteiger partial charge in [0.1, 0.15) is 0 Å². The summed E-state index contributed by atoms with van der Waals surface area (Å²) in [5.41, 5.74) is 1.73. The summed E-state index contributed by atoms with van der Waals surface area (Å²) in [5, 5.41) is 6.68. The number of hydrogen-bond donors (Lipinski definition) is 2. The van der Waals surface area contributed by atoms with Gasteiger partial charge in [0.2, 0.25) is 5.91 Å². The number of para-hydroxylation sites is 1. The molecule has 1 aliphatic rings. The van der Waals surface area contributed by atoms with E-state index in [4.69, 9.17) is 11.6 Å². The lowest BCUT2D eigenvalue weighted by molar-refractivity contribution is -0.119. The molecule has 16 heavy (non-hydrogen) atoms. The van der Waals surface area contributed by atoms with E-state index in [0.29, 0.717) is 5.02 Å². The van der Waals surface area contributed by atoms with Crippen LogP contribution in [0, 0.1) is 12.8 Å². The quantitative estimate of drug-likeness (QED) is 0.830. The lowest BCUT2D eigenvalue weighted by Gasteiger charge is -2.13. The summed E-state index contributed by atoms with van der Waals surface area (Å²) in [6.45, 7) is 3.61. The Morgan fingerprint density at radius 1 is 1.56 bits per heavy atom. The van der Waals surface area contributed by atoms with Gasteiger partial charge in [0, 0.05) is 6.54 Å². The van der Waals surface area contributed by atoms with Crippen molar-refractivity contribution in [2.45, 2.75) is 13.3 Å². The van der Waals surface area contributed by atoms with Crippen LogP contribution in [0.5, 0.6) is 0 Å². The Balaban J connectivity index is 2.11. The Morgan fingerprint density at radius 3 is 3.00 bits per heavy atom. The fraction of sp³-hybridized carbons (Fsp3) is 0.417. The van der Waals surface area contributed by atoms with Gasteiger partial charge >= 0.3 is 0 Å². The molecule has 1 aliphatic heterocycles. The summed E-state index contributed by atoms with van der Waals surface area (Å²) < 4.78 is 0. The van der Waals surface area contributed by atoms with Gasteiger partial charge in [-0.2, -0.15) is 0 Å². The third-order valence-electron chi connectivity index (χ3n) is 2.90. The van der Waals surface area contributed by atoms with Gasteiger partial charge in [-0.15, -0.1) is 0 Å². The molecular weight excluding hydrogens is 224 g/mol. The van der Waals surface area contributed by atoms with Crippen LogP contribution in [0.25, 0.3) is 0 Å². The van der Waals surface area contributed by atoms with Crippen LogP contribution in [0.15, 0.2) is 18.2 Å².